The first kappa shape index (κ1) is 34.9. The number of nitrogens with one attached hydrogen (secondary N) is 5. The molecule has 17 heteroatoms. The number of esters is 1. The molecule has 5 aliphatic heterocycles. The number of aliphatic imine (C=N–C) groups is 2. The maximum Gasteiger partial charge on any atom is 0.375 e. The number of guanidine groups is 1. The largest absolute Gasteiger partial charge is 0.496 e. The van der Waals surface area contributed by atoms with Gasteiger partial charge in [-0.05, 0) is 39.2 Å². The van der Waals surface area contributed by atoms with Crippen LogP contribution in [0.1, 0.15) is 49.8 Å². The average Bonchev–Trinajstić information content (AvgIpc) is 3.84. The summed E-state index contributed by atoms with van der Waals surface area (Å²) in [6, 6.07) is 0. The van der Waals surface area contributed by atoms with Crippen molar-refractivity contribution >= 4 is 41.2 Å². The number of benzene rings is 1. The summed E-state index contributed by atoms with van der Waals surface area (Å²) in [7, 11) is 1.45. The van der Waals surface area contributed by atoms with Crippen LogP contribution in [-0.4, -0.2) is 103 Å². The van der Waals surface area contributed by atoms with Gasteiger partial charge in [-0.3, -0.25) is 25.6 Å². The fourth-order valence-electron chi connectivity index (χ4n) is 6.90. The maximum atomic E-state index is 13.2. The van der Waals surface area contributed by atoms with Crippen LogP contribution in [-0.2, 0) is 32.1 Å². The van der Waals surface area contributed by atoms with Crippen molar-refractivity contribution in [1.29, 1.82) is 5.41 Å². The summed E-state index contributed by atoms with van der Waals surface area (Å²) >= 11 is 0. The smallest absolute Gasteiger partial charge is 0.375 e. The Kier molecular flexibility index (Phi) is 9.86. The molecule has 5 unspecified atom stereocenters. The molecule has 17 nitrogen and oxygen atoms in total. The van der Waals surface area contributed by atoms with E-state index in [1.165, 1.54) is 7.11 Å². The molecule has 5 heterocycles. The third-order valence-electron chi connectivity index (χ3n) is 9.36. The fraction of sp³-hybridized carbons (Fsp3) is 0.455. The first-order valence-electron chi connectivity index (χ1n) is 16.4. The number of amides is 1. The molecule has 0 fully saturated rings. The molecule has 0 aliphatic carbocycles. The summed E-state index contributed by atoms with van der Waals surface area (Å²) in [6.45, 7) is 3.15. The zero-order chi connectivity index (χ0) is 35.7. The van der Waals surface area contributed by atoms with Crippen molar-refractivity contribution in [2.24, 2.45) is 9.98 Å². The minimum absolute atomic E-state index is 0.00509. The highest BCUT2D eigenvalue weighted by Gasteiger charge is 2.47. The van der Waals surface area contributed by atoms with E-state index in [9.17, 15) is 29.7 Å². The molecule has 50 heavy (non-hydrogen) atoms. The van der Waals surface area contributed by atoms with E-state index >= 15 is 0 Å². The van der Waals surface area contributed by atoms with Gasteiger partial charge < -0.3 is 34.3 Å². The number of amidine groups is 1. The summed E-state index contributed by atoms with van der Waals surface area (Å²) in [6.07, 6.45) is 6.34. The summed E-state index contributed by atoms with van der Waals surface area (Å²) < 4.78 is 23.6. The van der Waals surface area contributed by atoms with E-state index in [0.29, 0.717) is 58.7 Å². The molecule has 5 atom stereocenters. The predicted octanol–water partition coefficient (Wildman–Crippen LogP) is -2.80. The number of carbonyl (C=O) groups excluding carboxylic acids is 3. The van der Waals surface area contributed by atoms with Crippen LogP contribution < -0.4 is 34.6 Å². The highest BCUT2D eigenvalue weighted by Crippen LogP contribution is 2.54. The lowest BCUT2D eigenvalue weighted by atomic mass is 9.86. The Morgan fingerprint density at radius 2 is 2.08 bits per heavy atom. The highest BCUT2D eigenvalue weighted by molar-refractivity contribution is 6.68. The van der Waals surface area contributed by atoms with Crippen LogP contribution in [0.4, 0.5) is 0 Å². The lowest BCUT2D eigenvalue weighted by molar-refractivity contribution is -1.05. The number of aliphatic hydroxyl groups is 3. The van der Waals surface area contributed by atoms with Crippen molar-refractivity contribution in [3.63, 3.8) is 0 Å². The second-order valence-corrected chi connectivity index (χ2v) is 12.5. The SMILES string of the molecule is CCOC(=O)C1=C(C=O)C(=CC[NH+]2C=CNC2[NH+]2CN=C3C(=O)NC(=N)N=C32)c2c(OC)c3c(c(CO)c2O1)OC(C(C)(O)CCCCO)C3. The van der Waals surface area contributed by atoms with Crippen molar-refractivity contribution in [2.75, 3.05) is 33.5 Å². The van der Waals surface area contributed by atoms with Gasteiger partial charge in [-0.15, -0.1) is 0 Å². The van der Waals surface area contributed by atoms with E-state index in [1.54, 1.807) is 26.1 Å². The van der Waals surface area contributed by atoms with E-state index in [1.807, 2.05) is 6.20 Å². The van der Waals surface area contributed by atoms with Gasteiger partial charge in [-0.1, -0.05) is 0 Å². The zero-order valence-corrected chi connectivity index (χ0v) is 27.9. The van der Waals surface area contributed by atoms with Crippen molar-refractivity contribution < 1.29 is 58.5 Å². The first-order valence-corrected chi connectivity index (χ1v) is 16.4. The Labute approximate surface area is 287 Å². The molecule has 0 saturated heterocycles. The van der Waals surface area contributed by atoms with E-state index in [2.05, 4.69) is 20.6 Å². The van der Waals surface area contributed by atoms with Crippen LogP contribution in [0, 0.1) is 5.41 Å². The van der Waals surface area contributed by atoms with Gasteiger partial charge in [-0.25, -0.2) is 14.7 Å². The maximum absolute atomic E-state index is 13.2. The topological polar surface area (TPSA) is 230 Å². The number of ether oxygens (including phenoxy) is 4. The molecular formula is C33H41N7O10+2. The number of aldehydes is 1. The molecule has 266 valence electrons. The molecule has 1 aromatic rings. The number of fused-ring (bicyclic) bond motifs is 3. The number of aliphatic hydroxyl groups excluding tert-OH is 2. The van der Waals surface area contributed by atoms with Gasteiger partial charge in [-0.2, -0.15) is 9.89 Å². The molecule has 0 spiro atoms. The number of quaternary nitrogens is 2. The number of hydrogen-bond donors (Lipinski definition) is 8. The molecule has 0 radical (unpaired) electrons. The summed E-state index contributed by atoms with van der Waals surface area (Å²) in [5.74, 6) is -1.08. The number of allylic oxidation sites excluding steroid dienone is 2. The van der Waals surface area contributed by atoms with Crippen LogP contribution in [0.25, 0.3) is 5.57 Å². The molecule has 0 aromatic heterocycles. The average molecular weight is 696 g/mol. The summed E-state index contributed by atoms with van der Waals surface area (Å²) in [5.41, 5.74) is 0.155. The number of nitrogens with zero attached hydrogens (tertiary/aromatic N) is 2. The first-order chi connectivity index (χ1) is 24.1. The number of methoxy groups -OCH3 is 1. The fourth-order valence-corrected chi connectivity index (χ4v) is 6.90. The number of unbranched alkanes of at least 4 members (excludes halogenated alkanes) is 1. The van der Waals surface area contributed by atoms with Gasteiger partial charge in [0.1, 0.15) is 36.1 Å². The van der Waals surface area contributed by atoms with Crippen molar-refractivity contribution in [3.05, 3.63) is 46.5 Å². The van der Waals surface area contributed by atoms with E-state index in [4.69, 9.17) is 24.4 Å². The molecule has 0 bridgehead atoms. The lowest BCUT2D eigenvalue weighted by Gasteiger charge is -2.30. The molecule has 0 saturated carbocycles. The minimum atomic E-state index is -1.30. The van der Waals surface area contributed by atoms with Crippen LogP contribution in [0.2, 0.25) is 0 Å². The molecule has 1 amide bonds. The summed E-state index contributed by atoms with van der Waals surface area (Å²) in [5, 5.41) is 44.9. The van der Waals surface area contributed by atoms with E-state index in [0.717, 1.165) is 4.90 Å². The Morgan fingerprint density at radius 1 is 1.28 bits per heavy atom. The van der Waals surface area contributed by atoms with Crippen LogP contribution in [0.15, 0.2) is 39.8 Å². The lowest BCUT2D eigenvalue weighted by Crippen LogP contribution is -3.36. The van der Waals surface area contributed by atoms with Crippen LogP contribution in [0.5, 0.6) is 17.2 Å². The molecule has 6 rings (SSSR count). The van der Waals surface area contributed by atoms with E-state index < -0.39 is 36.5 Å². The van der Waals surface area contributed by atoms with Gasteiger partial charge >= 0.3 is 12.3 Å². The van der Waals surface area contributed by atoms with Gasteiger partial charge in [0.15, 0.2) is 13.0 Å². The minimum Gasteiger partial charge on any atom is -0.496 e. The van der Waals surface area contributed by atoms with Crippen LogP contribution in [0.3, 0.4) is 0 Å². The van der Waals surface area contributed by atoms with Crippen LogP contribution >= 0.6 is 0 Å². The molecule has 1 aromatic carbocycles. The third kappa shape index (κ3) is 6.07. The van der Waals surface area contributed by atoms with Gasteiger partial charge in [0.05, 0.1) is 48.8 Å². The highest BCUT2D eigenvalue weighted by atomic mass is 16.6. The predicted molar refractivity (Wildman–Crippen MR) is 175 cm³/mol. The Morgan fingerprint density at radius 3 is 2.78 bits per heavy atom. The standard InChI is InChI=1S/C33H39N7O10/c1-4-48-30(45)27-19(14-42)17(7-10-39-11-9-35-32(39)40-16-36-23-28(40)37-31(34)38-29(23)44)22-25(47-3)18-13-21(33(2,46)8-5-6-12-41)49-24(18)20(15-43)26(22)50-27/h7,9,11,14,21,32,35,41,43,46H,4-6,8,10,12-13,15-16H2,1-3H3,(H2,34,38,44)/p+2. The molecule has 8 N–H and O–H groups in total. The van der Waals surface area contributed by atoms with Gasteiger partial charge in [0, 0.05) is 24.2 Å². The van der Waals surface area contributed by atoms with E-state index in [-0.39, 0.29) is 72.9 Å². The molecular weight excluding hydrogens is 654 g/mol. The van der Waals surface area contributed by atoms with Gasteiger partial charge in [0.2, 0.25) is 17.4 Å². The quantitative estimate of drug-likeness (QED) is 0.0597. The number of carbonyl (C=O) groups is 3. The monoisotopic (exact) mass is 695 g/mol. The second-order valence-electron chi connectivity index (χ2n) is 12.5. The van der Waals surface area contributed by atoms with Gasteiger partial charge in [0.25, 0.3) is 11.7 Å². The summed E-state index contributed by atoms with van der Waals surface area (Å²) in [4.78, 5) is 48.6. The van der Waals surface area contributed by atoms with Crippen molar-refractivity contribution in [2.45, 2.75) is 64.1 Å². The third-order valence-corrected chi connectivity index (χ3v) is 9.36. The second kappa shape index (κ2) is 14.1. The van der Waals surface area contributed by atoms with Crippen molar-refractivity contribution in [3.8, 4) is 17.2 Å². The Bertz CT molecular complexity index is 1780. The zero-order valence-electron chi connectivity index (χ0n) is 27.9. The van der Waals surface area contributed by atoms with Crippen molar-refractivity contribution in [1.82, 2.24) is 10.6 Å². The number of rotatable bonds is 13. The molecule has 5 aliphatic rings. The number of hydrogen-bond acceptors (Lipinski definition) is 13. The normalized spacial score (nSPS) is 25.4. The Hall–Kier alpha value is -4.94. The Balaban J connectivity index is 1.42.